The number of hydrogen-bond acceptors (Lipinski definition) is 4. The second-order valence-electron chi connectivity index (χ2n) is 8.55. The molecule has 3 rings (SSSR count). The maximum Gasteiger partial charge on any atom is 0.191 e. The van der Waals surface area contributed by atoms with Gasteiger partial charge in [-0.05, 0) is 30.2 Å². The molecular weight excluding hydrogens is 489 g/mol. The lowest BCUT2D eigenvalue weighted by Crippen LogP contribution is -2.50. The Morgan fingerprint density at radius 1 is 1.07 bits per heavy atom. The summed E-state index contributed by atoms with van der Waals surface area (Å²) in [5.41, 5.74) is 1.81. The third kappa shape index (κ3) is 7.98. The maximum atomic E-state index is 5.30. The second-order valence-corrected chi connectivity index (χ2v) is 8.55. The molecule has 0 spiro atoms. The summed E-state index contributed by atoms with van der Waals surface area (Å²) in [7, 11) is 3.65. The zero-order valence-corrected chi connectivity index (χ0v) is 21.1. The van der Waals surface area contributed by atoms with E-state index in [0.29, 0.717) is 5.41 Å². The number of benzene rings is 1. The largest absolute Gasteiger partial charge is 0.385 e. The molecule has 30 heavy (non-hydrogen) atoms. The van der Waals surface area contributed by atoms with E-state index in [9.17, 15) is 0 Å². The molecule has 2 fully saturated rings. The van der Waals surface area contributed by atoms with Crippen molar-refractivity contribution < 1.29 is 4.74 Å². The fraction of sp³-hybridized carbons (Fsp3) is 0.696. The van der Waals surface area contributed by atoms with Crippen LogP contribution in [-0.2, 0) is 11.3 Å². The van der Waals surface area contributed by atoms with Gasteiger partial charge in [0.05, 0.1) is 0 Å². The molecule has 6 nitrogen and oxygen atoms in total. The Balaban J connectivity index is 0.00000320. The van der Waals surface area contributed by atoms with E-state index in [0.717, 1.165) is 71.3 Å². The summed E-state index contributed by atoms with van der Waals surface area (Å²) in [6, 6.07) is 10.8. The summed E-state index contributed by atoms with van der Waals surface area (Å²) in [6.07, 6.45) is 5.08. The number of nitrogens with one attached hydrogen (secondary N) is 2. The third-order valence-electron chi connectivity index (χ3n) is 6.54. The number of methoxy groups -OCH3 is 1. The molecule has 1 aromatic carbocycles. The van der Waals surface area contributed by atoms with Crippen LogP contribution in [0.4, 0.5) is 0 Å². The Labute approximate surface area is 199 Å². The monoisotopic (exact) mass is 529 g/mol. The van der Waals surface area contributed by atoms with Crippen LogP contribution in [0.25, 0.3) is 0 Å². The lowest BCUT2D eigenvalue weighted by Gasteiger charge is -2.42. The van der Waals surface area contributed by atoms with Crippen molar-refractivity contribution in [2.45, 2.75) is 32.2 Å². The molecule has 7 heteroatoms. The van der Waals surface area contributed by atoms with Crippen LogP contribution in [0.2, 0.25) is 0 Å². The van der Waals surface area contributed by atoms with E-state index in [1.165, 1.54) is 24.8 Å². The zero-order valence-electron chi connectivity index (χ0n) is 18.7. The smallest absolute Gasteiger partial charge is 0.191 e. The number of rotatable bonds is 10. The molecule has 0 atom stereocenters. The fourth-order valence-electron chi connectivity index (χ4n) is 4.35. The summed E-state index contributed by atoms with van der Waals surface area (Å²) < 4.78 is 5.30. The van der Waals surface area contributed by atoms with Gasteiger partial charge in [0.2, 0.25) is 0 Å². The number of piperazine rings is 1. The maximum absolute atomic E-state index is 5.30. The van der Waals surface area contributed by atoms with Crippen molar-refractivity contribution in [1.82, 2.24) is 20.4 Å². The zero-order chi connectivity index (χ0) is 20.4. The topological polar surface area (TPSA) is 52.1 Å². The van der Waals surface area contributed by atoms with Crippen LogP contribution < -0.4 is 10.6 Å². The highest BCUT2D eigenvalue weighted by molar-refractivity contribution is 14.0. The van der Waals surface area contributed by atoms with Gasteiger partial charge in [0.1, 0.15) is 0 Å². The standard InChI is InChI=1S/C23H39N5O.HI/c1-24-22(26-20-23(9-6-10-23)11-18-29-2)25-12-13-27-14-16-28(17-15-27)19-21-7-4-3-5-8-21;/h3-5,7-8H,6,9-20H2,1-2H3,(H2,24,25,26);1H. The van der Waals surface area contributed by atoms with Crippen molar-refractivity contribution >= 4 is 29.9 Å². The van der Waals surface area contributed by atoms with Gasteiger partial charge in [-0.3, -0.25) is 14.8 Å². The lowest BCUT2D eigenvalue weighted by atomic mass is 9.67. The van der Waals surface area contributed by atoms with Gasteiger partial charge in [-0.1, -0.05) is 36.8 Å². The van der Waals surface area contributed by atoms with Crippen molar-refractivity contribution in [3.63, 3.8) is 0 Å². The Hall–Kier alpha value is -0.900. The van der Waals surface area contributed by atoms with Crippen molar-refractivity contribution in [2.75, 3.05) is 66.6 Å². The molecule has 0 aromatic heterocycles. The van der Waals surface area contributed by atoms with E-state index < -0.39 is 0 Å². The first-order chi connectivity index (χ1) is 14.2. The molecule has 2 aliphatic rings. The molecule has 1 saturated heterocycles. The second kappa shape index (κ2) is 13.5. The van der Waals surface area contributed by atoms with Gasteiger partial charge in [-0.25, -0.2) is 0 Å². The minimum Gasteiger partial charge on any atom is -0.385 e. The van der Waals surface area contributed by atoms with Gasteiger partial charge in [-0.2, -0.15) is 0 Å². The Morgan fingerprint density at radius 2 is 1.77 bits per heavy atom. The van der Waals surface area contributed by atoms with Gasteiger partial charge in [0, 0.05) is 73.1 Å². The lowest BCUT2D eigenvalue weighted by molar-refractivity contribution is 0.0732. The molecule has 0 radical (unpaired) electrons. The molecule has 170 valence electrons. The van der Waals surface area contributed by atoms with Gasteiger partial charge < -0.3 is 15.4 Å². The summed E-state index contributed by atoms with van der Waals surface area (Å²) in [4.78, 5) is 9.51. The number of hydrogen-bond donors (Lipinski definition) is 2. The Bertz CT molecular complexity index is 615. The van der Waals surface area contributed by atoms with E-state index in [1.807, 2.05) is 7.05 Å². The van der Waals surface area contributed by atoms with Crippen LogP contribution in [0.15, 0.2) is 35.3 Å². The number of ether oxygens (including phenoxy) is 1. The highest BCUT2D eigenvalue weighted by Gasteiger charge is 2.36. The van der Waals surface area contributed by atoms with E-state index in [2.05, 4.69) is 55.8 Å². The molecule has 1 heterocycles. The molecule has 2 N–H and O–H groups in total. The van der Waals surface area contributed by atoms with Crippen molar-refractivity contribution in [2.24, 2.45) is 10.4 Å². The Kier molecular flexibility index (Phi) is 11.4. The molecule has 1 aromatic rings. The molecule has 1 aliphatic carbocycles. The highest BCUT2D eigenvalue weighted by atomic mass is 127. The van der Waals surface area contributed by atoms with Gasteiger partial charge >= 0.3 is 0 Å². The predicted octanol–water partition coefficient (Wildman–Crippen LogP) is 2.79. The van der Waals surface area contributed by atoms with Crippen LogP contribution in [0, 0.1) is 5.41 Å². The summed E-state index contributed by atoms with van der Waals surface area (Å²) >= 11 is 0. The van der Waals surface area contributed by atoms with E-state index >= 15 is 0 Å². The van der Waals surface area contributed by atoms with E-state index in [4.69, 9.17) is 4.74 Å². The summed E-state index contributed by atoms with van der Waals surface area (Å²) in [6.45, 7) is 9.47. The van der Waals surface area contributed by atoms with Crippen LogP contribution in [0.1, 0.15) is 31.2 Å². The van der Waals surface area contributed by atoms with Crippen LogP contribution >= 0.6 is 24.0 Å². The highest BCUT2D eigenvalue weighted by Crippen LogP contribution is 2.43. The first kappa shape index (κ1) is 25.4. The van der Waals surface area contributed by atoms with E-state index in [-0.39, 0.29) is 24.0 Å². The van der Waals surface area contributed by atoms with Crippen LogP contribution in [0.5, 0.6) is 0 Å². The number of nitrogens with zero attached hydrogens (tertiary/aromatic N) is 3. The predicted molar refractivity (Wildman–Crippen MR) is 136 cm³/mol. The van der Waals surface area contributed by atoms with Gasteiger partial charge in [0.25, 0.3) is 0 Å². The molecule has 1 aliphatic heterocycles. The van der Waals surface area contributed by atoms with E-state index in [1.54, 1.807) is 7.11 Å². The number of guanidine groups is 1. The SMILES string of the molecule is CN=C(NCCN1CCN(Cc2ccccc2)CC1)NCC1(CCOC)CCC1.I. The molecule has 1 saturated carbocycles. The minimum absolute atomic E-state index is 0. The number of halogens is 1. The fourth-order valence-corrected chi connectivity index (χ4v) is 4.35. The normalized spacial score (nSPS) is 19.6. The first-order valence-corrected chi connectivity index (χ1v) is 11.2. The minimum atomic E-state index is 0. The van der Waals surface area contributed by atoms with Crippen LogP contribution in [0.3, 0.4) is 0 Å². The molecule has 0 bridgehead atoms. The van der Waals surface area contributed by atoms with Crippen LogP contribution in [-0.4, -0.2) is 82.3 Å². The first-order valence-electron chi connectivity index (χ1n) is 11.2. The molecule has 0 amide bonds. The van der Waals surface area contributed by atoms with Gasteiger partial charge in [0.15, 0.2) is 5.96 Å². The third-order valence-corrected chi connectivity index (χ3v) is 6.54. The summed E-state index contributed by atoms with van der Waals surface area (Å²) in [5, 5.41) is 7.05. The van der Waals surface area contributed by atoms with Gasteiger partial charge in [-0.15, -0.1) is 24.0 Å². The van der Waals surface area contributed by atoms with Crippen molar-refractivity contribution in [3.8, 4) is 0 Å². The average molecular weight is 530 g/mol. The number of aliphatic imine (C=N–C) groups is 1. The molecule has 0 unspecified atom stereocenters. The average Bonchev–Trinajstić information content (AvgIpc) is 2.73. The Morgan fingerprint density at radius 3 is 2.37 bits per heavy atom. The quantitative estimate of drug-likeness (QED) is 0.278. The van der Waals surface area contributed by atoms with Crippen molar-refractivity contribution in [1.29, 1.82) is 0 Å². The summed E-state index contributed by atoms with van der Waals surface area (Å²) in [5.74, 6) is 0.927. The van der Waals surface area contributed by atoms with Crippen molar-refractivity contribution in [3.05, 3.63) is 35.9 Å². The molecular formula is C23H40IN5O.